The van der Waals surface area contributed by atoms with Gasteiger partial charge in [-0.3, -0.25) is 0 Å². The molecule has 5 nitrogen and oxygen atoms in total. The lowest BCUT2D eigenvalue weighted by molar-refractivity contribution is 0.0514. The fraction of sp³-hybridized carbons (Fsp3) is 0.308. The second-order valence-electron chi connectivity index (χ2n) is 3.52. The molecule has 0 aliphatic heterocycles. The van der Waals surface area contributed by atoms with Gasteiger partial charge in [-0.05, 0) is 26.0 Å². The van der Waals surface area contributed by atoms with Crippen LogP contribution in [0.2, 0.25) is 0 Å². The van der Waals surface area contributed by atoms with Crippen molar-refractivity contribution in [2.75, 3.05) is 13.2 Å². The Balaban J connectivity index is 2.53. The second kappa shape index (κ2) is 5.44. The van der Waals surface area contributed by atoms with E-state index in [1.807, 2.05) is 25.1 Å². The van der Waals surface area contributed by atoms with Crippen molar-refractivity contribution < 1.29 is 14.3 Å². The number of hydrogen-bond donors (Lipinski definition) is 0. The van der Waals surface area contributed by atoms with Gasteiger partial charge in [0.25, 0.3) is 0 Å². The van der Waals surface area contributed by atoms with Crippen molar-refractivity contribution in [3.05, 3.63) is 30.0 Å². The van der Waals surface area contributed by atoms with Gasteiger partial charge in [0.1, 0.15) is 0 Å². The topological polar surface area (TPSA) is 61.3 Å². The SMILES string of the molecule is CCOC(=O)c1nc2ccccc2nc1OCC. The Kier molecular flexibility index (Phi) is 3.72. The zero-order chi connectivity index (χ0) is 13.0. The third-order valence-corrected chi connectivity index (χ3v) is 2.29. The average molecular weight is 246 g/mol. The highest BCUT2D eigenvalue weighted by molar-refractivity contribution is 5.92. The van der Waals surface area contributed by atoms with E-state index in [1.54, 1.807) is 13.0 Å². The minimum Gasteiger partial charge on any atom is -0.476 e. The number of fused-ring (bicyclic) bond motifs is 1. The molecule has 0 fully saturated rings. The summed E-state index contributed by atoms with van der Waals surface area (Å²) < 4.78 is 10.3. The third-order valence-electron chi connectivity index (χ3n) is 2.29. The number of para-hydroxylation sites is 2. The first-order valence-corrected chi connectivity index (χ1v) is 5.83. The van der Waals surface area contributed by atoms with Gasteiger partial charge in [-0.15, -0.1) is 0 Å². The molecule has 0 aliphatic rings. The number of carbonyl (C=O) groups excluding carboxylic acids is 1. The monoisotopic (exact) mass is 246 g/mol. The molecule has 0 saturated carbocycles. The smallest absolute Gasteiger partial charge is 0.362 e. The molecule has 0 saturated heterocycles. The van der Waals surface area contributed by atoms with Gasteiger partial charge in [0.2, 0.25) is 11.6 Å². The van der Waals surface area contributed by atoms with Gasteiger partial charge in [0, 0.05) is 0 Å². The molecule has 2 rings (SSSR count). The summed E-state index contributed by atoms with van der Waals surface area (Å²) in [6.07, 6.45) is 0. The van der Waals surface area contributed by atoms with Crippen LogP contribution < -0.4 is 4.74 Å². The molecule has 0 aliphatic carbocycles. The Bertz CT molecular complexity index is 569. The molecular formula is C13H14N2O3. The summed E-state index contributed by atoms with van der Waals surface area (Å²) in [6, 6.07) is 7.31. The zero-order valence-electron chi connectivity index (χ0n) is 10.3. The number of carbonyl (C=O) groups is 1. The van der Waals surface area contributed by atoms with Crippen molar-refractivity contribution >= 4 is 17.0 Å². The summed E-state index contributed by atoms with van der Waals surface area (Å²) in [5.74, 6) is -0.297. The van der Waals surface area contributed by atoms with Gasteiger partial charge in [-0.1, -0.05) is 12.1 Å². The van der Waals surface area contributed by atoms with Crippen molar-refractivity contribution in [3.63, 3.8) is 0 Å². The van der Waals surface area contributed by atoms with E-state index in [0.717, 1.165) is 0 Å². The summed E-state index contributed by atoms with van der Waals surface area (Å²) >= 11 is 0. The summed E-state index contributed by atoms with van der Waals surface area (Å²) in [5.41, 5.74) is 1.45. The molecule has 94 valence electrons. The second-order valence-corrected chi connectivity index (χ2v) is 3.52. The minimum absolute atomic E-state index is 0.123. The largest absolute Gasteiger partial charge is 0.476 e. The standard InChI is InChI=1S/C13H14N2O3/c1-3-17-12-11(13(16)18-4-2)14-9-7-5-6-8-10(9)15-12/h5-8H,3-4H2,1-2H3. The molecule has 0 N–H and O–H groups in total. The summed E-state index contributed by atoms with van der Waals surface area (Å²) in [4.78, 5) is 20.3. The normalized spacial score (nSPS) is 10.3. The zero-order valence-corrected chi connectivity index (χ0v) is 10.3. The maximum absolute atomic E-state index is 11.8. The Morgan fingerprint density at radius 3 is 2.39 bits per heavy atom. The lowest BCUT2D eigenvalue weighted by Gasteiger charge is -2.08. The number of nitrogens with zero attached hydrogens (tertiary/aromatic N) is 2. The minimum atomic E-state index is -0.515. The fourth-order valence-corrected chi connectivity index (χ4v) is 1.55. The predicted octanol–water partition coefficient (Wildman–Crippen LogP) is 2.21. The first-order valence-electron chi connectivity index (χ1n) is 5.83. The van der Waals surface area contributed by atoms with Crippen LogP contribution in [0.3, 0.4) is 0 Å². The molecule has 18 heavy (non-hydrogen) atoms. The van der Waals surface area contributed by atoms with E-state index in [4.69, 9.17) is 9.47 Å². The summed E-state index contributed by atoms with van der Waals surface area (Å²) in [7, 11) is 0. The van der Waals surface area contributed by atoms with Crippen LogP contribution in [0.5, 0.6) is 5.88 Å². The van der Waals surface area contributed by atoms with E-state index >= 15 is 0 Å². The molecule has 0 amide bonds. The molecule has 0 unspecified atom stereocenters. The van der Waals surface area contributed by atoms with Crippen molar-refractivity contribution in [1.82, 2.24) is 9.97 Å². The van der Waals surface area contributed by atoms with Gasteiger partial charge in [-0.2, -0.15) is 0 Å². The van der Waals surface area contributed by atoms with Crippen molar-refractivity contribution in [1.29, 1.82) is 0 Å². The summed E-state index contributed by atoms with van der Waals surface area (Å²) in [6.45, 7) is 4.27. The van der Waals surface area contributed by atoms with E-state index < -0.39 is 5.97 Å². The van der Waals surface area contributed by atoms with Crippen LogP contribution in [0.1, 0.15) is 24.3 Å². The first kappa shape index (κ1) is 12.3. The summed E-state index contributed by atoms with van der Waals surface area (Å²) in [5, 5.41) is 0. The Hall–Kier alpha value is -2.17. The molecule has 0 atom stereocenters. The van der Waals surface area contributed by atoms with E-state index in [9.17, 15) is 4.79 Å². The molecular weight excluding hydrogens is 232 g/mol. The van der Waals surface area contributed by atoms with Crippen molar-refractivity contribution in [3.8, 4) is 5.88 Å². The molecule has 1 heterocycles. The molecule has 1 aromatic heterocycles. The van der Waals surface area contributed by atoms with E-state index in [1.165, 1.54) is 0 Å². The lowest BCUT2D eigenvalue weighted by atomic mass is 10.3. The lowest BCUT2D eigenvalue weighted by Crippen LogP contribution is -2.11. The van der Waals surface area contributed by atoms with Gasteiger partial charge < -0.3 is 9.47 Å². The molecule has 2 aromatic rings. The van der Waals surface area contributed by atoms with E-state index in [0.29, 0.717) is 24.2 Å². The van der Waals surface area contributed by atoms with Crippen molar-refractivity contribution in [2.24, 2.45) is 0 Å². The molecule has 1 aromatic carbocycles. The van der Waals surface area contributed by atoms with Crippen LogP contribution in [-0.4, -0.2) is 29.2 Å². The highest BCUT2D eigenvalue weighted by atomic mass is 16.5. The van der Waals surface area contributed by atoms with E-state index in [2.05, 4.69) is 9.97 Å². The number of benzene rings is 1. The van der Waals surface area contributed by atoms with Crippen LogP contribution >= 0.6 is 0 Å². The highest BCUT2D eigenvalue weighted by Gasteiger charge is 2.18. The molecule has 0 spiro atoms. The number of ether oxygens (including phenoxy) is 2. The maximum Gasteiger partial charge on any atom is 0.362 e. The number of hydrogen-bond acceptors (Lipinski definition) is 5. The predicted molar refractivity (Wildman–Crippen MR) is 66.7 cm³/mol. The molecule has 5 heteroatoms. The van der Waals surface area contributed by atoms with Gasteiger partial charge in [0.15, 0.2) is 0 Å². The molecule has 0 radical (unpaired) electrons. The van der Waals surface area contributed by atoms with Gasteiger partial charge >= 0.3 is 5.97 Å². The first-order chi connectivity index (χ1) is 8.76. The van der Waals surface area contributed by atoms with Gasteiger partial charge in [-0.25, -0.2) is 14.8 Å². The highest BCUT2D eigenvalue weighted by Crippen LogP contribution is 2.19. The van der Waals surface area contributed by atoms with Crippen molar-refractivity contribution in [2.45, 2.75) is 13.8 Å². The Morgan fingerprint density at radius 1 is 1.11 bits per heavy atom. The Morgan fingerprint density at radius 2 is 1.78 bits per heavy atom. The Labute approximate surface area is 105 Å². The van der Waals surface area contributed by atoms with Crippen LogP contribution in [-0.2, 0) is 4.74 Å². The molecule has 0 bridgehead atoms. The fourth-order valence-electron chi connectivity index (χ4n) is 1.55. The number of rotatable bonds is 4. The van der Waals surface area contributed by atoms with E-state index in [-0.39, 0.29) is 11.6 Å². The third kappa shape index (κ3) is 2.40. The quantitative estimate of drug-likeness (QED) is 0.774. The van der Waals surface area contributed by atoms with Crippen LogP contribution in [0.15, 0.2) is 24.3 Å². The van der Waals surface area contributed by atoms with Crippen LogP contribution in [0, 0.1) is 0 Å². The average Bonchev–Trinajstić information content (AvgIpc) is 2.38. The van der Waals surface area contributed by atoms with Gasteiger partial charge in [0.05, 0.1) is 24.2 Å². The van der Waals surface area contributed by atoms with Crippen LogP contribution in [0.25, 0.3) is 11.0 Å². The van der Waals surface area contributed by atoms with Crippen LogP contribution in [0.4, 0.5) is 0 Å². The number of aromatic nitrogens is 2. The number of esters is 1. The maximum atomic E-state index is 11.8.